The summed E-state index contributed by atoms with van der Waals surface area (Å²) in [4.78, 5) is 12.2. The number of hydrogen-bond acceptors (Lipinski definition) is 5. The smallest absolute Gasteiger partial charge is 0.336 e. The maximum atomic E-state index is 13.4. The molecule has 0 aromatic heterocycles. The Morgan fingerprint density at radius 3 is 2.53 bits per heavy atom. The fourth-order valence-corrected chi connectivity index (χ4v) is 3.51. The van der Waals surface area contributed by atoms with Crippen molar-refractivity contribution >= 4 is 23.6 Å². The number of carbonyl (C=O) groups excluding carboxylic acids is 1. The second-order valence-electron chi connectivity index (χ2n) is 6.98. The summed E-state index contributed by atoms with van der Waals surface area (Å²) in [6.07, 6.45) is 2.91. The summed E-state index contributed by atoms with van der Waals surface area (Å²) in [6.45, 7) is 0. The first-order valence-electron chi connectivity index (χ1n) is 9.57. The SMILES string of the molecule is N#CC1=C(N)Oc2cc(OC(=O)/C=C/c3ccc(Cl)cc3)ccc2C1c1ccc(F)cc1. The Balaban J connectivity index is 1.59. The molecule has 0 aliphatic carbocycles. The number of rotatable bonds is 4. The molecule has 32 heavy (non-hydrogen) atoms. The van der Waals surface area contributed by atoms with Crippen molar-refractivity contribution in [2.75, 3.05) is 0 Å². The average Bonchev–Trinajstić information content (AvgIpc) is 2.78. The number of benzene rings is 3. The highest BCUT2D eigenvalue weighted by Gasteiger charge is 2.31. The van der Waals surface area contributed by atoms with E-state index in [1.807, 2.05) is 0 Å². The fraction of sp³-hybridized carbons (Fsp3) is 0.0400. The number of nitrogens with two attached hydrogens (primary N) is 1. The van der Waals surface area contributed by atoms with Gasteiger partial charge in [-0.15, -0.1) is 0 Å². The van der Waals surface area contributed by atoms with Crippen LogP contribution >= 0.6 is 11.6 Å². The summed E-state index contributed by atoms with van der Waals surface area (Å²) >= 11 is 5.85. The Kier molecular flexibility index (Phi) is 5.93. The number of nitrogens with zero attached hydrogens (tertiary/aromatic N) is 1. The molecule has 5 nitrogen and oxygen atoms in total. The van der Waals surface area contributed by atoms with E-state index in [2.05, 4.69) is 6.07 Å². The van der Waals surface area contributed by atoms with E-state index in [1.165, 1.54) is 24.3 Å². The largest absolute Gasteiger partial charge is 0.440 e. The lowest BCUT2D eigenvalue weighted by molar-refractivity contribution is -0.128. The standard InChI is InChI=1S/C25H16ClFN2O3/c26-17-6-1-15(2-7-17)3-12-23(30)31-19-10-11-20-22(13-19)32-25(29)21(14-28)24(20)16-4-8-18(27)9-5-16/h1-13,24H,29H2/b12-3+. The Morgan fingerprint density at radius 2 is 1.84 bits per heavy atom. The van der Waals surface area contributed by atoms with Crippen molar-refractivity contribution in [2.24, 2.45) is 5.73 Å². The molecule has 158 valence electrons. The van der Waals surface area contributed by atoms with Crippen LogP contribution in [0, 0.1) is 17.1 Å². The summed E-state index contributed by atoms with van der Waals surface area (Å²) in [5, 5.41) is 10.2. The first-order chi connectivity index (χ1) is 15.4. The van der Waals surface area contributed by atoms with Gasteiger partial charge in [-0.25, -0.2) is 9.18 Å². The van der Waals surface area contributed by atoms with Crippen LogP contribution in [0.3, 0.4) is 0 Å². The van der Waals surface area contributed by atoms with Crippen molar-refractivity contribution in [3.63, 3.8) is 0 Å². The Morgan fingerprint density at radius 1 is 1.12 bits per heavy atom. The highest BCUT2D eigenvalue weighted by Crippen LogP contribution is 2.43. The van der Waals surface area contributed by atoms with Crippen molar-refractivity contribution in [2.45, 2.75) is 5.92 Å². The second kappa shape index (κ2) is 8.96. The van der Waals surface area contributed by atoms with Gasteiger partial charge in [0.05, 0.1) is 5.92 Å². The predicted molar refractivity (Wildman–Crippen MR) is 118 cm³/mol. The zero-order valence-electron chi connectivity index (χ0n) is 16.6. The molecular formula is C25H16ClFN2O3. The van der Waals surface area contributed by atoms with Crippen LogP contribution in [-0.2, 0) is 4.79 Å². The van der Waals surface area contributed by atoms with E-state index in [0.717, 1.165) is 5.56 Å². The summed E-state index contributed by atoms with van der Waals surface area (Å²) in [5.41, 5.74) is 8.32. The lowest BCUT2D eigenvalue weighted by Gasteiger charge is -2.26. The van der Waals surface area contributed by atoms with Crippen molar-refractivity contribution in [1.29, 1.82) is 5.26 Å². The Bertz CT molecular complexity index is 1280. The molecule has 0 saturated carbocycles. The van der Waals surface area contributed by atoms with Crippen molar-refractivity contribution < 1.29 is 18.7 Å². The van der Waals surface area contributed by atoms with Crippen LogP contribution in [-0.4, -0.2) is 5.97 Å². The topological polar surface area (TPSA) is 85.3 Å². The van der Waals surface area contributed by atoms with E-state index in [1.54, 1.807) is 54.6 Å². The van der Waals surface area contributed by atoms with Crippen LogP contribution in [0.25, 0.3) is 6.08 Å². The molecule has 1 atom stereocenters. The number of nitriles is 1. The molecule has 3 aromatic carbocycles. The first kappa shape index (κ1) is 21.2. The Labute approximate surface area is 188 Å². The van der Waals surface area contributed by atoms with Gasteiger partial charge >= 0.3 is 5.97 Å². The zero-order chi connectivity index (χ0) is 22.7. The second-order valence-corrected chi connectivity index (χ2v) is 7.42. The predicted octanol–water partition coefficient (Wildman–Crippen LogP) is 5.32. The van der Waals surface area contributed by atoms with Gasteiger partial charge in [-0.3, -0.25) is 0 Å². The normalized spacial score (nSPS) is 15.1. The number of esters is 1. The first-order valence-corrected chi connectivity index (χ1v) is 9.95. The van der Waals surface area contributed by atoms with Crippen LogP contribution in [0.5, 0.6) is 11.5 Å². The minimum atomic E-state index is -0.577. The molecule has 4 rings (SSSR count). The molecular weight excluding hydrogens is 431 g/mol. The van der Waals surface area contributed by atoms with Gasteiger partial charge in [0, 0.05) is 22.7 Å². The van der Waals surface area contributed by atoms with Crippen LogP contribution in [0.1, 0.15) is 22.6 Å². The third-order valence-electron chi connectivity index (χ3n) is 4.89. The maximum Gasteiger partial charge on any atom is 0.336 e. The molecule has 0 saturated heterocycles. The van der Waals surface area contributed by atoms with E-state index in [-0.39, 0.29) is 23.0 Å². The van der Waals surface area contributed by atoms with Gasteiger partial charge in [-0.1, -0.05) is 41.9 Å². The molecule has 0 spiro atoms. The molecule has 0 bridgehead atoms. The molecule has 1 aliphatic rings. The van der Waals surface area contributed by atoms with Crippen molar-refractivity contribution in [1.82, 2.24) is 0 Å². The van der Waals surface area contributed by atoms with E-state index in [4.69, 9.17) is 26.8 Å². The van der Waals surface area contributed by atoms with Gasteiger partial charge in [0.2, 0.25) is 5.88 Å². The number of hydrogen-bond donors (Lipinski definition) is 1. The van der Waals surface area contributed by atoms with E-state index < -0.39 is 11.9 Å². The third-order valence-corrected chi connectivity index (χ3v) is 5.15. The summed E-state index contributed by atoms with van der Waals surface area (Å²) < 4.78 is 24.4. The van der Waals surface area contributed by atoms with Gasteiger partial charge in [-0.05, 0) is 47.5 Å². The molecule has 1 aliphatic heterocycles. The third kappa shape index (κ3) is 4.48. The van der Waals surface area contributed by atoms with Gasteiger partial charge in [0.15, 0.2) is 0 Å². The molecule has 0 amide bonds. The van der Waals surface area contributed by atoms with Crippen LogP contribution in [0.15, 0.2) is 84.3 Å². The van der Waals surface area contributed by atoms with Crippen LogP contribution in [0.4, 0.5) is 4.39 Å². The molecule has 2 N–H and O–H groups in total. The minimum Gasteiger partial charge on any atom is -0.440 e. The molecule has 7 heteroatoms. The number of halogens is 2. The minimum absolute atomic E-state index is 0.0552. The monoisotopic (exact) mass is 446 g/mol. The summed E-state index contributed by atoms with van der Waals surface area (Å²) in [5.74, 6) is -0.944. The van der Waals surface area contributed by atoms with Crippen molar-refractivity contribution in [3.8, 4) is 17.6 Å². The molecule has 0 fully saturated rings. The van der Waals surface area contributed by atoms with Crippen LogP contribution in [0.2, 0.25) is 5.02 Å². The molecule has 1 unspecified atom stereocenters. The lowest BCUT2D eigenvalue weighted by Crippen LogP contribution is -2.21. The summed E-state index contributed by atoms with van der Waals surface area (Å²) in [6, 6.07) is 19.7. The van der Waals surface area contributed by atoms with Gasteiger partial charge in [0.1, 0.15) is 29.0 Å². The highest BCUT2D eigenvalue weighted by molar-refractivity contribution is 6.30. The zero-order valence-corrected chi connectivity index (χ0v) is 17.3. The summed E-state index contributed by atoms with van der Waals surface area (Å²) in [7, 11) is 0. The molecule has 3 aromatic rings. The molecule has 0 radical (unpaired) electrons. The number of ether oxygens (including phenoxy) is 2. The number of carbonyl (C=O) groups is 1. The maximum absolute atomic E-state index is 13.4. The average molecular weight is 447 g/mol. The van der Waals surface area contributed by atoms with E-state index in [9.17, 15) is 14.4 Å². The molecule has 1 heterocycles. The van der Waals surface area contributed by atoms with Crippen molar-refractivity contribution in [3.05, 3.63) is 112 Å². The fourth-order valence-electron chi connectivity index (χ4n) is 3.39. The van der Waals surface area contributed by atoms with Gasteiger partial charge in [0.25, 0.3) is 0 Å². The van der Waals surface area contributed by atoms with Crippen LogP contribution < -0.4 is 15.2 Å². The van der Waals surface area contributed by atoms with E-state index in [0.29, 0.717) is 21.9 Å². The highest BCUT2D eigenvalue weighted by atomic mass is 35.5. The Hall–Kier alpha value is -4.08. The number of fused-ring (bicyclic) bond motifs is 1. The number of allylic oxidation sites excluding steroid dienone is 1. The van der Waals surface area contributed by atoms with Gasteiger partial charge in [-0.2, -0.15) is 5.26 Å². The van der Waals surface area contributed by atoms with Gasteiger partial charge < -0.3 is 15.2 Å². The lowest BCUT2D eigenvalue weighted by atomic mass is 9.83. The quantitative estimate of drug-likeness (QED) is 0.333. The van der Waals surface area contributed by atoms with E-state index >= 15 is 0 Å².